The number of amides is 1. The molecular weight excluding hydrogens is 390 g/mol. The number of carbonyl (C=O) groups excluding carboxylic acids is 1. The maximum Gasteiger partial charge on any atom is 0.255 e. The number of carbonyl (C=O) groups is 1. The summed E-state index contributed by atoms with van der Waals surface area (Å²) in [5.41, 5.74) is 2.10. The van der Waals surface area contributed by atoms with E-state index in [9.17, 15) is 18.0 Å². The van der Waals surface area contributed by atoms with E-state index in [0.717, 1.165) is 18.5 Å². The lowest BCUT2D eigenvalue weighted by atomic mass is 10.1. The third kappa shape index (κ3) is 3.81. The Morgan fingerprint density at radius 2 is 1.72 bits per heavy atom. The van der Waals surface area contributed by atoms with Crippen molar-refractivity contribution in [3.63, 3.8) is 0 Å². The van der Waals surface area contributed by atoms with Gasteiger partial charge in [-0.25, -0.2) is 8.42 Å². The summed E-state index contributed by atoms with van der Waals surface area (Å²) in [6.07, 6.45) is 1.75. The fraction of sp³-hybridized carbons (Fsp3) is 0.238. The van der Waals surface area contributed by atoms with Gasteiger partial charge in [0, 0.05) is 47.0 Å². The summed E-state index contributed by atoms with van der Waals surface area (Å²) in [5, 5.41) is 3.18. The fourth-order valence-electron chi connectivity index (χ4n) is 3.51. The average Bonchev–Trinajstić information content (AvgIpc) is 3.24. The Morgan fingerprint density at radius 1 is 1.03 bits per heavy atom. The molecule has 2 N–H and O–H groups in total. The molecule has 1 aliphatic heterocycles. The maximum absolute atomic E-state index is 12.6. The average molecular weight is 411 g/mol. The van der Waals surface area contributed by atoms with Crippen LogP contribution in [0.15, 0.2) is 58.2 Å². The molecule has 0 bridgehead atoms. The van der Waals surface area contributed by atoms with E-state index in [1.165, 1.54) is 22.5 Å². The molecule has 0 aliphatic carbocycles. The van der Waals surface area contributed by atoms with E-state index in [1.54, 1.807) is 37.3 Å². The number of hydrogen-bond acceptors (Lipinski definition) is 4. The summed E-state index contributed by atoms with van der Waals surface area (Å²) in [6.45, 7) is 2.89. The van der Waals surface area contributed by atoms with Crippen LogP contribution in [0.3, 0.4) is 0 Å². The Bertz CT molecular complexity index is 1240. The highest BCUT2D eigenvalue weighted by molar-refractivity contribution is 7.89. The highest BCUT2D eigenvalue weighted by atomic mass is 32.2. The minimum atomic E-state index is -3.49. The molecule has 8 heteroatoms. The summed E-state index contributed by atoms with van der Waals surface area (Å²) in [5.74, 6) is -0.373. The first-order valence-electron chi connectivity index (χ1n) is 9.40. The molecule has 0 atom stereocenters. The number of nitrogens with zero attached hydrogens (tertiary/aromatic N) is 1. The third-order valence-corrected chi connectivity index (χ3v) is 6.95. The third-order valence-electron chi connectivity index (χ3n) is 5.04. The zero-order chi connectivity index (χ0) is 20.6. The fourth-order valence-corrected chi connectivity index (χ4v) is 5.03. The molecule has 2 heterocycles. The lowest BCUT2D eigenvalue weighted by Gasteiger charge is -2.15. The van der Waals surface area contributed by atoms with Crippen LogP contribution >= 0.6 is 0 Å². The first-order chi connectivity index (χ1) is 13.8. The highest BCUT2D eigenvalue weighted by Gasteiger charge is 2.26. The van der Waals surface area contributed by atoms with Crippen molar-refractivity contribution < 1.29 is 13.2 Å². The molecule has 0 radical (unpaired) electrons. The van der Waals surface area contributed by atoms with Crippen LogP contribution in [-0.4, -0.2) is 36.7 Å². The van der Waals surface area contributed by atoms with Crippen LogP contribution in [-0.2, 0) is 10.0 Å². The smallest absolute Gasteiger partial charge is 0.255 e. The zero-order valence-corrected chi connectivity index (χ0v) is 16.8. The van der Waals surface area contributed by atoms with Crippen LogP contribution in [0.2, 0.25) is 0 Å². The highest BCUT2D eigenvalue weighted by Crippen LogP contribution is 2.22. The molecule has 1 amide bonds. The van der Waals surface area contributed by atoms with E-state index < -0.39 is 10.0 Å². The molecule has 7 nitrogen and oxygen atoms in total. The van der Waals surface area contributed by atoms with Gasteiger partial charge in [0.05, 0.1) is 4.90 Å². The SMILES string of the molecule is Cc1cc(=O)c2cc(C(=O)Nc3ccc(S(=O)(=O)N4CCCC4)cc3)ccc2[nH]1. The van der Waals surface area contributed by atoms with Gasteiger partial charge in [-0.2, -0.15) is 4.31 Å². The predicted molar refractivity (Wildman–Crippen MR) is 112 cm³/mol. The van der Waals surface area contributed by atoms with Gasteiger partial charge in [0.15, 0.2) is 5.43 Å². The van der Waals surface area contributed by atoms with Crippen LogP contribution < -0.4 is 10.7 Å². The van der Waals surface area contributed by atoms with E-state index in [-0.39, 0.29) is 16.2 Å². The van der Waals surface area contributed by atoms with Crippen molar-refractivity contribution in [1.29, 1.82) is 0 Å². The van der Waals surface area contributed by atoms with E-state index in [1.807, 2.05) is 0 Å². The van der Waals surface area contributed by atoms with Crippen molar-refractivity contribution in [2.75, 3.05) is 18.4 Å². The molecule has 1 fully saturated rings. The normalized spacial score (nSPS) is 14.9. The molecular formula is C21H21N3O4S. The van der Waals surface area contributed by atoms with Crippen molar-refractivity contribution in [1.82, 2.24) is 9.29 Å². The Hall–Kier alpha value is -2.97. The van der Waals surface area contributed by atoms with Gasteiger partial charge in [0.25, 0.3) is 5.91 Å². The molecule has 0 spiro atoms. The number of rotatable bonds is 4. The first-order valence-corrected chi connectivity index (χ1v) is 10.8. The van der Waals surface area contributed by atoms with Gasteiger partial charge >= 0.3 is 0 Å². The van der Waals surface area contributed by atoms with Gasteiger partial charge in [0.2, 0.25) is 10.0 Å². The second-order valence-electron chi connectivity index (χ2n) is 7.17. The lowest BCUT2D eigenvalue weighted by Crippen LogP contribution is -2.27. The van der Waals surface area contributed by atoms with Gasteiger partial charge in [-0.15, -0.1) is 0 Å². The van der Waals surface area contributed by atoms with Gasteiger partial charge in [0.1, 0.15) is 0 Å². The molecule has 2 aromatic carbocycles. The molecule has 3 aromatic rings. The van der Waals surface area contributed by atoms with Crippen LogP contribution in [0.4, 0.5) is 5.69 Å². The van der Waals surface area contributed by atoms with Gasteiger partial charge in [-0.1, -0.05) is 0 Å². The van der Waals surface area contributed by atoms with Crippen molar-refractivity contribution in [3.05, 3.63) is 70.0 Å². The number of fused-ring (bicyclic) bond motifs is 1. The number of anilines is 1. The zero-order valence-electron chi connectivity index (χ0n) is 15.9. The molecule has 0 unspecified atom stereocenters. The van der Waals surface area contributed by atoms with Crippen molar-refractivity contribution in [2.24, 2.45) is 0 Å². The number of benzene rings is 2. The summed E-state index contributed by atoms with van der Waals surface area (Å²) in [4.78, 5) is 28.0. The summed E-state index contributed by atoms with van der Waals surface area (Å²) in [6, 6.07) is 12.5. The predicted octanol–water partition coefficient (Wildman–Crippen LogP) is 2.87. The summed E-state index contributed by atoms with van der Waals surface area (Å²) in [7, 11) is -3.49. The standard InChI is InChI=1S/C21H21N3O4S/c1-14-12-20(25)18-13-15(4-9-19(18)22-14)21(26)23-16-5-7-17(8-6-16)29(27,28)24-10-2-3-11-24/h4-9,12-13H,2-3,10-11H2,1H3,(H,22,25)(H,23,26). The number of H-pyrrole nitrogens is 1. The number of pyridine rings is 1. The minimum Gasteiger partial charge on any atom is -0.358 e. The summed E-state index contributed by atoms with van der Waals surface area (Å²) >= 11 is 0. The number of aromatic nitrogens is 1. The Kier molecular flexibility index (Phi) is 4.97. The van der Waals surface area contributed by atoms with E-state index in [0.29, 0.717) is 35.2 Å². The molecule has 0 saturated carbocycles. The van der Waals surface area contributed by atoms with Crippen molar-refractivity contribution >= 4 is 32.5 Å². The topological polar surface area (TPSA) is 99.3 Å². The first kappa shape index (κ1) is 19.4. The number of aryl methyl sites for hydroxylation is 1. The number of sulfonamides is 1. The second-order valence-corrected chi connectivity index (χ2v) is 9.10. The molecule has 29 heavy (non-hydrogen) atoms. The van der Waals surface area contributed by atoms with Gasteiger partial charge in [-0.3, -0.25) is 9.59 Å². The Balaban J connectivity index is 1.54. The Labute approximate surface area is 168 Å². The van der Waals surface area contributed by atoms with Crippen LogP contribution in [0.1, 0.15) is 28.9 Å². The lowest BCUT2D eigenvalue weighted by molar-refractivity contribution is 0.102. The van der Waals surface area contributed by atoms with Crippen LogP contribution in [0, 0.1) is 6.92 Å². The number of aromatic amines is 1. The molecule has 4 rings (SSSR count). The summed E-state index contributed by atoms with van der Waals surface area (Å²) < 4.78 is 26.6. The molecule has 150 valence electrons. The minimum absolute atomic E-state index is 0.151. The Morgan fingerprint density at radius 3 is 2.41 bits per heavy atom. The number of hydrogen-bond donors (Lipinski definition) is 2. The monoisotopic (exact) mass is 411 g/mol. The molecule has 1 aromatic heterocycles. The maximum atomic E-state index is 12.6. The van der Waals surface area contributed by atoms with Gasteiger partial charge < -0.3 is 10.3 Å². The van der Waals surface area contributed by atoms with Crippen LogP contribution in [0.25, 0.3) is 10.9 Å². The van der Waals surface area contributed by atoms with Crippen molar-refractivity contribution in [2.45, 2.75) is 24.7 Å². The quantitative estimate of drug-likeness (QED) is 0.690. The van der Waals surface area contributed by atoms with E-state index in [4.69, 9.17) is 0 Å². The second kappa shape index (κ2) is 7.46. The van der Waals surface area contributed by atoms with E-state index >= 15 is 0 Å². The van der Waals surface area contributed by atoms with Crippen LogP contribution in [0.5, 0.6) is 0 Å². The van der Waals surface area contributed by atoms with E-state index in [2.05, 4.69) is 10.3 Å². The van der Waals surface area contributed by atoms with Gasteiger partial charge in [-0.05, 0) is 62.2 Å². The largest absolute Gasteiger partial charge is 0.358 e. The van der Waals surface area contributed by atoms with Crippen molar-refractivity contribution in [3.8, 4) is 0 Å². The molecule has 1 aliphatic rings. The molecule has 1 saturated heterocycles. The number of nitrogens with one attached hydrogen (secondary N) is 2.